The fraction of sp³-hybridized carbons (Fsp3) is 0.400. The minimum absolute atomic E-state index is 0.0840. The molecule has 0 atom stereocenters. The molecule has 0 radical (unpaired) electrons. The van der Waals surface area contributed by atoms with Gasteiger partial charge in [0.15, 0.2) is 0 Å². The molecule has 0 bridgehead atoms. The van der Waals surface area contributed by atoms with E-state index in [-0.39, 0.29) is 23.4 Å². The van der Waals surface area contributed by atoms with E-state index in [2.05, 4.69) is 4.98 Å². The second-order valence-electron chi connectivity index (χ2n) is 2.95. The van der Waals surface area contributed by atoms with Crippen LogP contribution in [0.3, 0.4) is 0 Å². The van der Waals surface area contributed by atoms with Crippen LogP contribution in [0.2, 0.25) is 0 Å². The first kappa shape index (κ1) is 11.4. The highest BCUT2D eigenvalue weighted by molar-refractivity contribution is 5.39. The molecule has 0 saturated heterocycles. The standard InChI is InChI=1S/C10H10F2N2O/c1-6-9(10(11)12)8(15-2)5-7(14-6)3-4-13/h5,10H,3H2,1-2H3. The summed E-state index contributed by atoms with van der Waals surface area (Å²) in [6.07, 6.45) is -2.54. The van der Waals surface area contributed by atoms with Crippen LogP contribution in [0.5, 0.6) is 5.75 Å². The lowest BCUT2D eigenvalue weighted by molar-refractivity contribution is 0.145. The second-order valence-corrected chi connectivity index (χ2v) is 2.95. The van der Waals surface area contributed by atoms with Gasteiger partial charge in [-0.15, -0.1) is 0 Å². The molecule has 1 aromatic rings. The molecule has 1 heterocycles. The number of rotatable bonds is 3. The van der Waals surface area contributed by atoms with Gasteiger partial charge in [0, 0.05) is 6.07 Å². The number of methoxy groups -OCH3 is 1. The third-order valence-corrected chi connectivity index (χ3v) is 1.96. The number of alkyl halides is 2. The van der Waals surface area contributed by atoms with Crippen molar-refractivity contribution in [3.8, 4) is 11.8 Å². The van der Waals surface area contributed by atoms with Crippen molar-refractivity contribution in [2.75, 3.05) is 7.11 Å². The summed E-state index contributed by atoms with van der Waals surface area (Å²) in [5.74, 6) is 0.0859. The summed E-state index contributed by atoms with van der Waals surface area (Å²) in [6.45, 7) is 1.48. The van der Waals surface area contributed by atoms with Crippen LogP contribution in [0.25, 0.3) is 0 Å². The molecule has 0 fully saturated rings. The van der Waals surface area contributed by atoms with E-state index < -0.39 is 6.43 Å². The van der Waals surface area contributed by atoms with E-state index >= 15 is 0 Å². The van der Waals surface area contributed by atoms with E-state index in [1.165, 1.54) is 20.1 Å². The molecule has 0 aliphatic heterocycles. The van der Waals surface area contributed by atoms with Gasteiger partial charge in [-0.05, 0) is 6.92 Å². The van der Waals surface area contributed by atoms with Crippen LogP contribution in [-0.2, 0) is 6.42 Å². The molecule has 15 heavy (non-hydrogen) atoms. The summed E-state index contributed by atoms with van der Waals surface area (Å²) in [4.78, 5) is 3.91. The summed E-state index contributed by atoms with van der Waals surface area (Å²) >= 11 is 0. The lowest BCUT2D eigenvalue weighted by atomic mass is 10.1. The van der Waals surface area contributed by atoms with E-state index in [0.29, 0.717) is 5.69 Å². The molecule has 0 unspecified atom stereocenters. The van der Waals surface area contributed by atoms with Gasteiger partial charge >= 0.3 is 0 Å². The highest BCUT2D eigenvalue weighted by atomic mass is 19.3. The fourth-order valence-electron chi connectivity index (χ4n) is 1.32. The van der Waals surface area contributed by atoms with E-state index in [0.717, 1.165) is 0 Å². The van der Waals surface area contributed by atoms with E-state index in [9.17, 15) is 8.78 Å². The Morgan fingerprint density at radius 2 is 2.27 bits per heavy atom. The molecule has 0 aliphatic rings. The molecular formula is C10H10F2N2O. The largest absolute Gasteiger partial charge is 0.496 e. The molecule has 3 nitrogen and oxygen atoms in total. The van der Waals surface area contributed by atoms with Crippen molar-refractivity contribution < 1.29 is 13.5 Å². The minimum atomic E-state index is -2.62. The zero-order chi connectivity index (χ0) is 11.4. The van der Waals surface area contributed by atoms with Gasteiger partial charge in [0.25, 0.3) is 6.43 Å². The quantitative estimate of drug-likeness (QED) is 0.772. The normalized spacial score (nSPS) is 10.1. The Morgan fingerprint density at radius 3 is 2.73 bits per heavy atom. The summed E-state index contributed by atoms with van der Waals surface area (Å²) in [5.41, 5.74) is 0.435. The average molecular weight is 212 g/mol. The highest BCUT2D eigenvalue weighted by Crippen LogP contribution is 2.31. The number of halogens is 2. The van der Waals surface area contributed by atoms with Gasteiger partial charge in [-0.2, -0.15) is 5.26 Å². The Bertz CT molecular complexity index is 399. The number of aryl methyl sites for hydroxylation is 1. The number of pyridine rings is 1. The van der Waals surface area contributed by atoms with Gasteiger partial charge in [-0.1, -0.05) is 0 Å². The Kier molecular flexibility index (Phi) is 3.56. The van der Waals surface area contributed by atoms with Crippen molar-refractivity contribution in [3.63, 3.8) is 0 Å². The molecule has 5 heteroatoms. The van der Waals surface area contributed by atoms with E-state index in [1.807, 2.05) is 6.07 Å². The van der Waals surface area contributed by atoms with Gasteiger partial charge in [-0.25, -0.2) is 8.78 Å². The van der Waals surface area contributed by atoms with Crippen LogP contribution >= 0.6 is 0 Å². The van der Waals surface area contributed by atoms with Crippen molar-refractivity contribution in [2.24, 2.45) is 0 Å². The SMILES string of the molecule is COc1cc(CC#N)nc(C)c1C(F)F. The first-order valence-electron chi connectivity index (χ1n) is 4.29. The van der Waals surface area contributed by atoms with Gasteiger partial charge in [-0.3, -0.25) is 4.98 Å². The predicted molar refractivity (Wildman–Crippen MR) is 49.8 cm³/mol. The Hall–Kier alpha value is -1.70. The second kappa shape index (κ2) is 4.69. The zero-order valence-electron chi connectivity index (χ0n) is 8.42. The van der Waals surface area contributed by atoms with Crippen molar-refractivity contribution in [1.82, 2.24) is 4.98 Å². The smallest absolute Gasteiger partial charge is 0.269 e. The molecule has 0 spiro atoms. The predicted octanol–water partition coefficient (Wildman–Crippen LogP) is 2.40. The molecular weight excluding hydrogens is 202 g/mol. The van der Waals surface area contributed by atoms with Crippen LogP contribution in [0.4, 0.5) is 8.78 Å². The minimum Gasteiger partial charge on any atom is -0.496 e. The van der Waals surface area contributed by atoms with Crippen LogP contribution in [0.15, 0.2) is 6.07 Å². The lowest BCUT2D eigenvalue weighted by Gasteiger charge is -2.11. The van der Waals surface area contributed by atoms with Crippen molar-refractivity contribution >= 4 is 0 Å². The number of ether oxygens (including phenoxy) is 1. The molecule has 1 rings (SSSR count). The number of hydrogen-bond donors (Lipinski definition) is 0. The average Bonchev–Trinajstić information content (AvgIpc) is 2.16. The van der Waals surface area contributed by atoms with Crippen LogP contribution in [-0.4, -0.2) is 12.1 Å². The Balaban J connectivity index is 3.25. The molecule has 80 valence electrons. The summed E-state index contributed by atoms with van der Waals surface area (Å²) in [5, 5.41) is 8.47. The number of hydrogen-bond acceptors (Lipinski definition) is 3. The van der Waals surface area contributed by atoms with Crippen molar-refractivity contribution in [2.45, 2.75) is 19.8 Å². The van der Waals surface area contributed by atoms with Crippen molar-refractivity contribution in [3.05, 3.63) is 23.0 Å². The molecule has 0 N–H and O–H groups in total. The topological polar surface area (TPSA) is 45.9 Å². The monoisotopic (exact) mass is 212 g/mol. The lowest BCUT2D eigenvalue weighted by Crippen LogP contribution is -2.01. The van der Waals surface area contributed by atoms with Crippen LogP contribution in [0, 0.1) is 18.3 Å². The van der Waals surface area contributed by atoms with Crippen LogP contribution < -0.4 is 4.74 Å². The fourth-order valence-corrected chi connectivity index (χ4v) is 1.32. The van der Waals surface area contributed by atoms with Gasteiger partial charge in [0.2, 0.25) is 0 Å². The van der Waals surface area contributed by atoms with Gasteiger partial charge in [0.05, 0.1) is 36.6 Å². The maximum atomic E-state index is 12.6. The number of nitrogens with zero attached hydrogens (tertiary/aromatic N) is 2. The first-order valence-corrected chi connectivity index (χ1v) is 4.29. The number of nitriles is 1. The molecule has 1 aromatic heterocycles. The third-order valence-electron chi connectivity index (χ3n) is 1.96. The van der Waals surface area contributed by atoms with Crippen LogP contribution in [0.1, 0.15) is 23.4 Å². The summed E-state index contributed by atoms with van der Waals surface area (Å²) in [6, 6.07) is 3.28. The molecule has 0 amide bonds. The van der Waals surface area contributed by atoms with E-state index in [4.69, 9.17) is 10.00 Å². The zero-order valence-corrected chi connectivity index (χ0v) is 8.42. The molecule has 0 aromatic carbocycles. The Morgan fingerprint density at radius 1 is 1.60 bits per heavy atom. The molecule has 0 saturated carbocycles. The van der Waals surface area contributed by atoms with Gasteiger partial charge < -0.3 is 4.74 Å². The maximum Gasteiger partial charge on any atom is 0.269 e. The molecule has 0 aliphatic carbocycles. The van der Waals surface area contributed by atoms with Crippen molar-refractivity contribution in [1.29, 1.82) is 5.26 Å². The Labute approximate surface area is 86.3 Å². The third kappa shape index (κ3) is 2.40. The maximum absolute atomic E-state index is 12.6. The summed E-state index contributed by atoms with van der Waals surface area (Å²) < 4.78 is 30.1. The highest BCUT2D eigenvalue weighted by Gasteiger charge is 2.18. The number of aromatic nitrogens is 1. The van der Waals surface area contributed by atoms with E-state index in [1.54, 1.807) is 0 Å². The van der Waals surface area contributed by atoms with Gasteiger partial charge in [0.1, 0.15) is 5.75 Å². The summed E-state index contributed by atoms with van der Waals surface area (Å²) in [7, 11) is 1.32. The first-order chi connectivity index (χ1) is 7.10.